The van der Waals surface area contributed by atoms with E-state index in [0.717, 1.165) is 4.90 Å². The summed E-state index contributed by atoms with van der Waals surface area (Å²) in [7, 11) is 0. The summed E-state index contributed by atoms with van der Waals surface area (Å²) in [4.78, 5) is 12.7. The van der Waals surface area contributed by atoms with E-state index in [0.29, 0.717) is 16.3 Å². The van der Waals surface area contributed by atoms with Gasteiger partial charge in [0.15, 0.2) is 0 Å². The summed E-state index contributed by atoms with van der Waals surface area (Å²) in [6.45, 7) is 0. The van der Waals surface area contributed by atoms with Gasteiger partial charge in [-0.3, -0.25) is 4.79 Å². The van der Waals surface area contributed by atoms with Crippen molar-refractivity contribution in [3.05, 3.63) is 64.9 Å². The van der Waals surface area contributed by atoms with Gasteiger partial charge < -0.3 is 0 Å². The van der Waals surface area contributed by atoms with Gasteiger partial charge in [0.2, 0.25) is 0 Å². The van der Waals surface area contributed by atoms with Gasteiger partial charge in [0.25, 0.3) is 0 Å². The molecule has 0 heterocycles. The fourth-order valence-corrected chi connectivity index (χ4v) is 2.70. The van der Waals surface area contributed by atoms with Crippen molar-refractivity contribution in [1.29, 1.82) is 0 Å². The van der Waals surface area contributed by atoms with Crippen LogP contribution < -0.4 is 0 Å². The number of hydrogen-bond donors (Lipinski definition) is 0. The molecule has 0 amide bonds. The van der Waals surface area contributed by atoms with E-state index in [1.807, 2.05) is 18.2 Å². The van der Waals surface area contributed by atoms with Gasteiger partial charge in [-0.1, -0.05) is 35.9 Å². The van der Waals surface area contributed by atoms with Gasteiger partial charge in [-0.25, -0.2) is 4.39 Å². The lowest BCUT2D eigenvalue weighted by Crippen LogP contribution is -2.07. The quantitative estimate of drug-likeness (QED) is 0.761. The first-order valence-corrected chi connectivity index (χ1v) is 7.15. The Hall–Kier alpha value is -1.32. The Balaban J connectivity index is 1.90. The molecule has 0 bridgehead atoms. The molecule has 19 heavy (non-hydrogen) atoms. The molecular formula is C15H12ClFOS. The summed E-state index contributed by atoms with van der Waals surface area (Å²) in [5, 5.41) is 0.645. The summed E-state index contributed by atoms with van der Waals surface area (Å²) in [6, 6.07) is 13.7. The van der Waals surface area contributed by atoms with Crippen LogP contribution in [0, 0.1) is 5.82 Å². The zero-order chi connectivity index (χ0) is 13.7. The van der Waals surface area contributed by atoms with E-state index in [2.05, 4.69) is 0 Å². The zero-order valence-electron chi connectivity index (χ0n) is 10.1. The Morgan fingerprint density at radius 1 is 1.16 bits per heavy atom. The fourth-order valence-electron chi connectivity index (χ4n) is 1.63. The molecule has 0 aromatic heterocycles. The molecule has 2 aromatic carbocycles. The third kappa shape index (κ3) is 4.37. The number of carbonyl (C=O) groups excluding carboxylic acids is 1. The molecule has 4 heteroatoms. The average molecular weight is 295 g/mol. The number of halogens is 2. The van der Waals surface area contributed by atoms with Crippen LogP contribution in [0.5, 0.6) is 0 Å². The number of hydrogen-bond acceptors (Lipinski definition) is 2. The number of benzene rings is 2. The number of thioether (sulfide) groups is 1. The van der Waals surface area contributed by atoms with E-state index in [9.17, 15) is 9.18 Å². The first-order valence-electron chi connectivity index (χ1n) is 5.78. The van der Waals surface area contributed by atoms with Crippen molar-refractivity contribution in [3.8, 4) is 0 Å². The molecule has 0 saturated carbocycles. The van der Waals surface area contributed by atoms with Crippen LogP contribution >= 0.6 is 23.4 Å². The van der Waals surface area contributed by atoms with Crippen molar-refractivity contribution in [1.82, 2.24) is 0 Å². The molecule has 0 radical (unpaired) electrons. The molecular weight excluding hydrogens is 283 g/mol. The second-order valence-electron chi connectivity index (χ2n) is 4.05. The van der Waals surface area contributed by atoms with Gasteiger partial charge in [0.1, 0.15) is 11.6 Å². The van der Waals surface area contributed by atoms with Gasteiger partial charge in [-0.2, -0.15) is 0 Å². The minimum absolute atomic E-state index is 0.00456. The van der Waals surface area contributed by atoms with Crippen molar-refractivity contribution >= 4 is 29.1 Å². The molecule has 0 saturated heterocycles. The van der Waals surface area contributed by atoms with Gasteiger partial charge in [0, 0.05) is 16.3 Å². The van der Waals surface area contributed by atoms with Crippen molar-refractivity contribution < 1.29 is 9.18 Å². The lowest BCUT2D eigenvalue weighted by molar-refractivity contribution is -0.116. The Labute approximate surface area is 120 Å². The molecule has 0 fully saturated rings. The molecule has 0 atom stereocenters. The van der Waals surface area contributed by atoms with Crippen LogP contribution in [-0.2, 0) is 11.2 Å². The Bertz CT molecular complexity index is 586. The van der Waals surface area contributed by atoms with Crippen LogP contribution in [0.15, 0.2) is 53.4 Å². The maximum Gasteiger partial charge on any atom is 0.147 e. The summed E-state index contributed by atoms with van der Waals surface area (Å²) in [6.07, 6.45) is 0.125. The van der Waals surface area contributed by atoms with E-state index in [1.54, 1.807) is 24.3 Å². The molecule has 0 aliphatic heterocycles. The van der Waals surface area contributed by atoms with Crippen LogP contribution in [-0.4, -0.2) is 11.5 Å². The number of ketones is 1. The Kier molecular flexibility index (Phi) is 5.00. The van der Waals surface area contributed by atoms with Gasteiger partial charge in [0.05, 0.1) is 5.75 Å². The molecule has 0 spiro atoms. The van der Waals surface area contributed by atoms with Crippen LogP contribution in [0.25, 0.3) is 0 Å². The van der Waals surface area contributed by atoms with Crippen LogP contribution in [0.1, 0.15) is 5.56 Å². The first-order chi connectivity index (χ1) is 9.15. The Morgan fingerprint density at radius 2 is 1.95 bits per heavy atom. The average Bonchev–Trinajstić information content (AvgIpc) is 2.39. The van der Waals surface area contributed by atoms with E-state index < -0.39 is 0 Å². The maximum atomic E-state index is 13.4. The molecule has 1 nitrogen and oxygen atoms in total. The highest BCUT2D eigenvalue weighted by Crippen LogP contribution is 2.22. The highest BCUT2D eigenvalue weighted by molar-refractivity contribution is 8.00. The lowest BCUT2D eigenvalue weighted by atomic mass is 10.1. The fraction of sp³-hybridized carbons (Fsp3) is 0.133. The third-order valence-corrected chi connectivity index (χ3v) is 3.83. The van der Waals surface area contributed by atoms with Gasteiger partial charge in [-0.05, 0) is 29.8 Å². The van der Waals surface area contributed by atoms with Crippen LogP contribution in [0.3, 0.4) is 0 Å². The molecule has 2 aromatic rings. The number of rotatable bonds is 5. The van der Waals surface area contributed by atoms with E-state index in [1.165, 1.54) is 17.8 Å². The van der Waals surface area contributed by atoms with Gasteiger partial charge in [-0.15, -0.1) is 11.8 Å². The van der Waals surface area contributed by atoms with Crippen molar-refractivity contribution in [2.24, 2.45) is 0 Å². The topological polar surface area (TPSA) is 17.1 Å². The number of carbonyl (C=O) groups is 1. The summed E-state index contributed by atoms with van der Waals surface area (Å²) in [5.41, 5.74) is 0.444. The van der Waals surface area contributed by atoms with Crippen LogP contribution in [0.2, 0.25) is 5.02 Å². The van der Waals surface area contributed by atoms with Crippen molar-refractivity contribution in [2.75, 3.05) is 5.75 Å². The highest BCUT2D eigenvalue weighted by atomic mass is 35.5. The molecule has 0 aliphatic rings. The normalized spacial score (nSPS) is 10.4. The largest absolute Gasteiger partial charge is 0.298 e. The van der Waals surface area contributed by atoms with Crippen molar-refractivity contribution in [3.63, 3.8) is 0 Å². The van der Waals surface area contributed by atoms with E-state index >= 15 is 0 Å². The monoisotopic (exact) mass is 294 g/mol. The second-order valence-corrected chi connectivity index (χ2v) is 5.54. The molecule has 0 unspecified atom stereocenters. The molecule has 98 valence electrons. The minimum Gasteiger partial charge on any atom is -0.298 e. The summed E-state index contributed by atoms with van der Waals surface area (Å²) in [5.74, 6) is -0.0204. The number of Topliss-reactive ketones (excluding diaryl/α,β-unsaturated/α-hetero) is 1. The predicted octanol–water partition coefficient (Wildman–Crippen LogP) is 4.38. The summed E-state index contributed by atoms with van der Waals surface area (Å²) >= 11 is 7.27. The minimum atomic E-state index is -0.330. The van der Waals surface area contributed by atoms with Gasteiger partial charge >= 0.3 is 0 Å². The smallest absolute Gasteiger partial charge is 0.147 e. The van der Waals surface area contributed by atoms with E-state index in [-0.39, 0.29) is 18.0 Å². The molecule has 2 rings (SSSR count). The highest BCUT2D eigenvalue weighted by Gasteiger charge is 2.08. The second kappa shape index (κ2) is 6.73. The predicted molar refractivity (Wildman–Crippen MR) is 77.3 cm³/mol. The standard InChI is InChI=1S/C15H12ClFOS/c16-12-5-3-6-14(9-12)19-10-13(18)8-11-4-1-2-7-15(11)17/h1-7,9H,8,10H2. The van der Waals surface area contributed by atoms with Crippen molar-refractivity contribution in [2.45, 2.75) is 11.3 Å². The van der Waals surface area contributed by atoms with E-state index in [4.69, 9.17) is 11.6 Å². The molecule has 0 aliphatic carbocycles. The lowest BCUT2D eigenvalue weighted by Gasteiger charge is -2.03. The maximum absolute atomic E-state index is 13.4. The molecule has 0 N–H and O–H groups in total. The first kappa shape index (κ1) is 14.1. The third-order valence-electron chi connectivity index (χ3n) is 2.54. The zero-order valence-corrected chi connectivity index (χ0v) is 11.7. The van der Waals surface area contributed by atoms with Crippen LogP contribution in [0.4, 0.5) is 4.39 Å². The Morgan fingerprint density at radius 3 is 2.68 bits per heavy atom. The SMILES string of the molecule is O=C(CSc1cccc(Cl)c1)Cc1ccccc1F. The summed E-state index contributed by atoms with van der Waals surface area (Å²) < 4.78 is 13.4.